The molecule has 0 amide bonds. The fourth-order valence-electron chi connectivity index (χ4n) is 13.3. The normalized spacial score (nSPS) is 10.9. The Kier molecular flexibility index (Phi) is 22.3. The molecule has 0 aliphatic rings. The van der Waals surface area contributed by atoms with Crippen LogP contribution in [0.25, 0.3) is 156 Å². The zero-order valence-corrected chi connectivity index (χ0v) is 65.8. The molecular weight excluding hydrogens is 1950 g/mol. The van der Waals surface area contributed by atoms with Crippen LogP contribution in [-0.2, 0) is 60.3 Å². The van der Waals surface area contributed by atoms with Gasteiger partial charge in [0.1, 0.15) is 38.0 Å². The van der Waals surface area contributed by atoms with Crippen LogP contribution in [0, 0.1) is 60.9 Å². The minimum Gasteiger partial charge on any atom is -0.448 e. The summed E-state index contributed by atoms with van der Waals surface area (Å²) in [5, 5.41) is 6.64. The van der Waals surface area contributed by atoms with Crippen molar-refractivity contribution in [3.05, 3.63) is 366 Å². The summed E-state index contributed by atoms with van der Waals surface area (Å²) in [6.45, 7) is 0. The Labute approximate surface area is 683 Å². The first-order valence-corrected chi connectivity index (χ1v) is 34.4. The third-order valence-corrected chi connectivity index (χ3v) is 18.1. The van der Waals surface area contributed by atoms with Gasteiger partial charge in [-0.05, 0) is 74.4 Å². The first-order valence-electron chi connectivity index (χ1n) is 34.4. The number of hydrogen-bond donors (Lipinski definition) is 0. The van der Waals surface area contributed by atoms with Gasteiger partial charge in [0.25, 0.3) is 0 Å². The molecule has 0 atom stereocenters. The zero-order valence-electron chi connectivity index (χ0n) is 58.6. The number of pyridine rings is 2. The SMILES string of the molecule is Fc1c[c-]c(-c2ccccn2)c(F)c1.[Ir+3].[Ir+3].[Ir].[c-]1cc2c3ccccc3n(-c3ncncn3)c2cc1-n1[c-]nc2ccccc21.[c-]1cc2c3ccccc3n(-c3ncncn3)c2cc1-n1[c-]nc2ccccc21.[c-]1cc2c3ccccc3n(-c3ncncn3)c2cc1-n1[c-]nc2ccccc21.[c-]1ccccc1-c1ccccn1. The van der Waals surface area contributed by atoms with Gasteiger partial charge in [-0.25, -0.2) is 63.1 Å². The first-order chi connectivity index (χ1) is 54.4. The molecule has 113 heavy (non-hydrogen) atoms. The van der Waals surface area contributed by atoms with Gasteiger partial charge in [-0.3, -0.25) is 8.78 Å². The first kappa shape index (κ1) is 74.8. The van der Waals surface area contributed by atoms with E-state index in [-0.39, 0.29) is 65.9 Å². The number of hydrogen-bond acceptors (Lipinski definition) is 14. The van der Waals surface area contributed by atoms with E-state index in [1.807, 2.05) is 197 Å². The second-order valence-corrected chi connectivity index (χ2v) is 24.6. The van der Waals surface area contributed by atoms with Crippen molar-refractivity contribution in [2.75, 3.05) is 0 Å². The number of benzene rings is 11. The number of fused-ring (bicyclic) bond motifs is 12. The molecule has 0 unspecified atom stereocenters. The molecule has 0 N–H and O–H groups in total. The molecule has 0 spiro atoms. The molecule has 1 radical (unpaired) electrons. The van der Waals surface area contributed by atoms with Crippen molar-refractivity contribution in [2.45, 2.75) is 0 Å². The Morgan fingerprint density at radius 3 is 0.991 bits per heavy atom. The fraction of sp³-hybridized carbons (Fsp3) is 0. The van der Waals surface area contributed by atoms with Crippen LogP contribution in [-0.4, -0.2) is 97.2 Å². The Hall–Kier alpha value is -13.6. The number of nitrogens with zero attached hydrogens (tertiary/aromatic N) is 20. The van der Waals surface area contributed by atoms with E-state index in [0.29, 0.717) is 23.5 Å². The Morgan fingerprint density at radius 2 is 0.637 bits per heavy atom. The summed E-state index contributed by atoms with van der Waals surface area (Å²) in [7, 11) is 0. The minimum atomic E-state index is -0.649. The number of para-hydroxylation sites is 9. The predicted molar refractivity (Wildman–Crippen MR) is 416 cm³/mol. The van der Waals surface area contributed by atoms with Crippen LogP contribution in [0.5, 0.6) is 0 Å². The molecule has 11 aromatic carbocycles. The van der Waals surface area contributed by atoms with Crippen LogP contribution in [0.15, 0.2) is 305 Å². The zero-order chi connectivity index (χ0) is 73.7. The van der Waals surface area contributed by atoms with E-state index in [1.54, 1.807) is 30.6 Å². The molecule has 22 rings (SSSR count). The van der Waals surface area contributed by atoms with Gasteiger partial charge in [0.2, 0.25) is 17.8 Å². The van der Waals surface area contributed by atoms with E-state index >= 15 is 0 Å². The monoisotopic (exact) mass is 2000 g/mol. The third-order valence-electron chi connectivity index (χ3n) is 18.1. The topological polar surface area (TPSA) is 210 Å². The van der Waals surface area contributed by atoms with Crippen LogP contribution in [0.2, 0.25) is 0 Å². The number of imidazole rings is 3. The standard InChI is InChI=1S/3C22H12N6.C11H6F2N.C11H8N.3Ir/c3*1-3-7-19-16(5-1)17-10-9-15(27-14-26-18-6-2-4-8-20(18)27)11-21(17)28(19)22-24-12-23-13-25-22;12-8-4-5-9(10(13)7-8)11-3-1-2-6-14-11;1-2-6-10(7-3-1)11-8-4-5-9-12-11;;;/h3*1-8,10-13H;1-4,6-7H;1-6,8-9H;;;/q3*-2;2*-1;;2*+3. The maximum absolute atomic E-state index is 13.2. The molecule has 25 heteroatoms. The maximum atomic E-state index is 13.2. The molecule has 0 fully saturated rings. The van der Waals surface area contributed by atoms with Gasteiger partial charge in [-0.2, -0.15) is 53.5 Å². The van der Waals surface area contributed by atoms with Crippen molar-refractivity contribution < 1.29 is 69.1 Å². The van der Waals surface area contributed by atoms with Gasteiger partial charge < -0.3 is 52.3 Å². The average molecular weight is 2000 g/mol. The Bertz CT molecular complexity index is 6460. The molecule has 0 bridgehead atoms. The van der Waals surface area contributed by atoms with Crippen molar-refractivity contribution in [1.82, 2.24) is 97.2 Å². The molecule has 22 aromatic rings. The van der Waals surface area contributed by atoms with E-state index in [4.69, 9.17) is 0 Å². The van der Waals surface area contributed by atoms with Gasteiger partial charge in [0, 0.05) is 79.7 Å². The van der Waals surface area contributed by atoms with Gasteiger partial charge in [-0.15, -0.1) is 64.2 Å². The summed E-state index contributed by atoms with van der Waals surface area (Å²) in [5.74, 6) is 0.458. The molecule has 545 valence electrons. The van der Waals surface area contributed by atoms with Gasteiger partial charge >= 0.3 is 40.2 Å². The van der Waals surface area contributed by atoms with E-state index in [2.05, 4.69) is 174 Å². The van der Waals surface area contributed by atoms with E-state index in [9.17, 15) is 8.78 Å². The van der Waals surface area contributed by atoms with Gasteiger partial charge in [-0.1, -0.05) is 196 Å². The average Bonchev–Trinajstić information content (AvgIpc) is 1.60. The molecule has 11 aromatic heterocycles. The molecule has 0 aliphatic carbocycles. The predicted octanol–water partition coefficient (Wildman–Crippen LogP) is 17.1. The number of halogens is 2. The molecule has 0 saturated carbocycles. The quantitative estimate of drug-likeness (QED) is 0.130. The largest absolute Gasteiger partial charge is 3.00 e. The van der Waals surface area contributed by atoms with Crippen molar-refractivity contribution in [1.29, 1.82) is 0 Å². The summed E-state index contributed by atoms with van der Waals surface area (Å²) < 4.78 is 37.7. The summed E-state index contributed by atoms with van der Waals surface area (Å²) in [6, 6.07) is 97.3. The van der Waals surface area contributed by atoms with E-state index in [1.165, 1.54) is 38.0 Å². The minimum absolute atomic E-state index is 0. The van der Waals surface area contributed by atoms with Crippen molar-refractivity contribution >= 4 is 98.5 Å². The molecule has 11 heterocycles. The van der Waals surface area contributed by atoms with Gasteiger partial charge in [0.05, 0.1) is 0 Å². The summed E-state index contributed by atoms with van der Waals surface area (Å²) >= 11 is 0. The van der Waals surface area contributed by atoms with E-state index < -0.39 is 11.6 Å². The number of aromatic nitrogens is 20. The van der Waals surface area contributed by atoms with E-state index in [0.717, 1.165) is 139 Å². The molecular formula is C88H50F2Ir3N20-2. The second-order valence-electron chi connectivity index (χ2n) is 24.6. The smallest absolute Gasteiger partial charge is 0.448 e. The van der Waals surface area contributed by atoms with Crippen LogP contribution in [0.4, 0.5) is 8.78 Å². The van der Waals surface area contributed by atoms with Crippen LogP contribution < -0.4 is 0 Å². The van der Waals surface area contributed by atoms with Crippen molar-refractivity contribution in [3.63, 3.8) is 0 Å². The molecule has 0 aliphatic heterocycles. The van der Waals surface area contributed by atoms with Crippen LogP contribution in [0.3, 0.4) is 0 Å². The summed E-state index contributed by atoms with van der Waals surface area (Å²) in [6.07, 6.45) is 21.6. The summed E-state index contributed by atoms with van der Waals surface area (Å²) in [5.41, 5.74) is 17.0. The molecule has 0 saturated heterocycles. The second kappa shape index (κ2) is 33.7. The molecule has 20 nitrogen and oxygen atoms in total. The van der Waals surface area contributed by atoms with Gasteiger partial charge in [0.15, 0.2) is 0 Å². The van der Waals surface area contributed by atoms with Crippen molar-refractivity contribution in [2.24, 2.45) is 0 Å². The number of rotatable bonds is 8. The maximum Gasteiger partial charge on any atom is 3.00 e. The van der Waals surface area contributed by atoms with Crippen LogP contribution in [0.1, 0.15) is 0 Å². The fourth-order valence-corrected chi connectivity index (χ4v) is 13.3. The third kappa shape index (κ3) is 14.9. The van der Waals surface area contributed by atoms with Crippen molar-refractivity contribution in [3.8, 4) is 57.4 Å². The van der Waals surface area contributed by atoms with Crippen LogP contribution >= 0.6 is 0 Å². The summed E-state index contributed by atoms with van der Waals surface area (Å²) in [4.78, 5) is 59.3. The Morgan fingerprint density at radius 1 is 0.292 bits per heavy atom. The Balaban J connectivity index is 0.000000115.